The predicted octanol–water partition coefficient (Wildman–Crippen LogP) is 2.74. The zero-order valence-electron chi connectivity index (χ0n) is 9.35. The van der Waals surface area contributed by atoms with Crippen molar-refractivity contribution in [2.75, 3.05) is 13.1 Å². The molecule has 7 heteroatoms. The molecule has 2 N–H and O–H groups in total. The lowest BCUT2D eigenvalue weighted by Gasteiger charge is -2.09. The highest BCUT2D eigenvalue weighted by molar-refractivity contribution is 6.30. The van der Waals surface area contributed by atoms with Crippen molar-refractivity contribution in [2.24, 2.45) is 0 Å². The fourth-order valence-electron chi connectivity index (χ4n) is 1.21. The third-order valence-corrected chi connectivity index (χ3v) is 2.31. The molecule has 0 aliphatic carbocycles. The number of nitrogens with one attached hydrogen (secondary N) is 2. The monoisotopic (exact) mass is 280 g/mol. The van der Waals surface area contributed by atoms with E-state index < -0.39 is 18.8 Å². The van der Waals surface area contributed by atoms with Crippen LogP contribution in [0.15, 0.2) is 24.3 Å². The average molecular weight is 281 g/mol. The second-order valence-electron chi connectivity index (χ2n) is 3.60. The normalized spacial score (nSPS) is 11.1. The summed E-state index contributed by atoms with van der Waals surface area (Å²) in [6.45, 7) is -1.08. The fourth-order valence-corrected chi connectivity index (χ4v) is 1.34. The van der Waals surface area contributed by atoms with E-state index in [2.05, 4.69) is 5.32 Å². The second kappa shape index (κ2) is 6.49. The van der Waals surface area contributed by atoms with E-state index in [1.807, 2.05) is 0 Å². The number of alkyl halides is 3. The van der Waals surface area contributed by atoms with Gasteiger partial charge in [-0.15, -0.1) is 0 Å². The van der Waals surface area contributed by atoms with Crippen molar-refractivity contribution in [2.45, 2.75) is 12.6 Å². The highest BCUT2D eigenvalue weighted by atomic mass is 35.5. The van der Waals surface area contributed by atoms with E-state index in [-0.39, 0.29) is 6.54 Å². The van der Waals surface area contributed by atoms with Crippen LogP contribution in [0.2, 0.25) is 5.02 Å². The number of benzene rings is 1. The number of amides is 2. The van der Waals surface area contributed by atoms with Crippen LogP contribution in [0.3, 0.4) is 0 Å². The summed E-state index contributed by atoms with van der Waals surface area (Å²) in [6, 6.07) is 6.16. The topological polar surface area (TPSA) is 41.1 Å². The molecule has 0 aliphatic rings. The van der Waals surface area contributed by atoms with Crippen LogP contribution in [0.4, 0.5) is 18.0 Å². The summed E-state index contributed by atoms with van der Waals surface area (Å²) in [5.41, 5.74) is 0.940. The number of rotatable bonds is 4. The maximum atomic E-state index is 11.8. The van der Waals surface area contributed by atoms with E-state index in [0.29, 0.717) is 11.4 Å². The molecule has 3 nitrogen and oxygen atoms in total. The van der Waals surface area contributed by atoms with Crippen molar-refractivity contribution < 1.29 is 18.0 Å². The Morgan fingerprint density at radius 1 is 1.17 bits per heavy atom. The summed E-state index contributed by atoms with van der Waals surface area (Å²) in [7, 11) is 0. The SMILES string of the molecule is O=C(NCCc1ccc(Cl)cc1)NCC(F)(F)F. The van der Waals surface area contributed by atoms with Gasteiger partial charge in [0.1, 0.15) is 6.54 Å². The molecule has 0 saturated carbocycles. The lowest BCUT2D eigenvalue weighted by Crippen LogP contribution is -2.41. The van der Waals surface area contributed by atoms with Crippen LogP contribution in [0.25, 0.3) is 0 Å². The first-order valence-electron chi connectivity index (χ1n) is 5.20. The minimum Gasteiger partial charge on any atom is -0.338 e. The Bertz CT molecular complexity index is 392. The summed E-state index contributed by atoms with van der Waals surface area (Å²) in [5, 5.41) is 4.66. The van der Waals surface area contributed by atoms with Crippen molar-refractivity contribution in [1.29, 1.82) is 0 Å². The number of carbonyl (C=O) groups excluding carboxylic acids is 1. The summed E-state index contributed by atoms with van der Waals surface area (Å²) < 4.78 is 35.4. The standard InChI is InChI=1S/C11H12ClF3N2O/c12-9-3-1-8(2-4-9)5-6-16-10(18)17-7-11(13,14)15/h1-4H,5-7H2,(H2,16,17,18). The molecule has 0 aliphatic heterocycles. The van der Waals surface area contributed by atoms with Gasteiger partial charge in [-0.3, -0.25) is 0 Å². The van der Waals surface area contributed by atoms with Crippen molar-refractivity contribution in [3.63, 3.8) is 0 Å². The Labute approximate surface area is 107 Å². The molecule has 0 spiro atoms. The Morgan fingerprint density at radius 3 is 2.33 bits per heavy atom. The van der Waals surface area contributed by atoms with Gasteiger partial charge in [-0.2, -0.15) is 13.2 Å². The van der Waals surface area contributed by atoms with E-state index in [9.17, 15) is 18.0 Å². The predicted molar refractivity (Wildman–Crippen MR) is 62.6 cm³/mol. The second-order valence-corrected chi connectivity index (χ2v) is 4.04. The Kier molecular flexibility index (Phi) is 5.27. The summed E-state index contributed by atoms with van der Waals surface area (Å²) >= 11 is 5.69. The fraction of sp³-hybridized carbons (Fsp3) is 0.364. The molecule has 18 heavy (non-hydrogen) atoms. The first kappa shape index (κ1) is 14.6. The molecule has 1 aromatic carbocycles. The van der Waals surface area contributed by atoms with Gasteiger partial charge >= 0.3 is 12.2 Å². The molecule has 0 radical (unpaired) electrons. The molecule has 2 amide bonds. The minimum absolute atomic E-state index is 0.255. The van der Waals surface area contributed by atoms with E-state index in [4.69, 9.17) is 11.6 Å². The summed E-state index contributed by atoms with van der Waals surface area (Å²) in [4.78, 5) is 11.0. The molecule has 0 atom stereocenters. The zero-order chi connectivity index (χ0) is 13.6. The molecule has 1 aromatic rings. The van der Waals surface area contributed by atoms with Crippen LogP contribution < -0.4 is 10.6 Å². The van der Waals surface area contributed by atoms with Crippen LogP contribution in [0.1, 0.15) is 5.56 Å². The number of hydrogen-bond donors (Lipinski definition) is 2. The van der Waals surface area contributed by atoms with Crippen molar-refractivity contribution in [3.8, 4) is 0 Å². The highest BCUT2D eigenvalue weighted by Crippen LogP contribution is 2.12. The van der Waals surface area contributed by atoms with Gasteiger partial charge in [0, 0.05) is 11.6 Å². The summed E-state index contributed by atoms with van der Waals surface area (Å²) in [6.07, 6.45) is -3.87. The van der Waals surface area contributed by atoms with Gasteiger partial charge in [-0.1, -0.05) is 23.7 Å². The molecule has 0 aromatic heterocycles. The van der Waals surface area contributed by atoms with Crippen LogP contribution >= 0.6 is 11.6 Å². The van der Waals surface area contributed by atoms with E-state index >= 15 is 0 Å². The first-order valence-corrected chi connectivity index (χ1v) is 5.57. The van der Waals surface area contributed by atoms with Crippen molar-refractivity contribution in [1.82, 2.24) is 10.6 Å². The maximum absolute atomic E-state index is 11.8. The molecule has 0 bridgehead atoms. The molecule has 0 unspecified atom stereocenters. The zero-order valence-corrected chi connectivity index (χ0v) is 10.1. The maximum Gasteiger partial charge on any atom is 0.405 e. The largest absolute Gasteiger partial charge is 0.405 e. The van der Waals surface area contributed by atoms with Crippen LogP contribution in [0.5, 0.6) is 0 Å². The Morgan fingerprint density at radius 2 is 1.78 bits per heavy atom. The van der Waals surface area contributed by atoms with Crippen molar-refractivity contribution in [3.05, 3.63) is 34.9 Å². The number of urea groups is 1. The van der Waals surface area contributed by atoms with Gasteiger partial charge in [0.05, 0.1) is 0 Å². The van der Waals surface area contributed by atoms with Crippen LogP contribution in [-0.2, 0) is 6.42 Å². The lowest BCUT2D eigenvalue weighted by atomic mass is 10.1. The van der Waals surface area contributed by atoms with Gasteiger partial charge in [-0.05, 0) is 24.1 Å². The van der Waals surface area contributed by atoms with Gasteiger partial charge in [0.2, 0.25) is 0 Å². The van der Waals surface area contributed by atoms with Gasteiger partial charge in [0.25, 0.3) is 0 Å². The first-order chi connectivity index (χ1) is 8.37. The van der Waals surface area contributed by atoms with E-state index in [1.54, 1.807) is 29.6 Å². The molecule has 0 heterocycles. The van der Waals surface area contributed by atoms with Gasteiger partial charge in [-0.25, -0.2) is 4.79 Å². The quantitative estimate of drug-likeness (QED) is 0.875. The molecular formula is C11H12ClF3N2O. The highest BCUT2D eigenvalue weighted by Gasteiger charge is 2.27. The Hall–Kier alpha value is -1.43. The number of halogens is 4. The molecule has 0 saturated heterocycles. The molecule has 100 valence electrons. The van der Waals surface area contributed by atoms with Gasteiger partial charge in [0.15, 0.2) is 0 Å². The van der Waals surface area contributed by atoms with Crippen LogP contribution in [-0.4, -0.2) is 25.3 Å². The van der Waals surface area contributed by atoms with Gasteiger partial charge < -0.3 is 10.6 Å². The number of carbonyl (C=O) groups is 1. The van der Waals surface area contributed by atoms with Crippen LogP contribution in [0, 0.1) is 0 Å². The molecule has 0 fully saturated rings. The van der Waals surface area contributed by atoms with E-state index in [0.717, 1.165) is 5.56 Å². The summed E-state index contributed by atoms with van der Waals surface area (Å²) in [5.74, 6) is 0. The number of hydrogen-bond acceptors (Lipinski definition) is 1. The Balaban J connectivity index is 2.21. The molecule has 1 rings (SSSR count). The molecular weight excluding hydrogens is 269 g/mol. The van der Waals surface area contributed by atoms with E-state index in [1.165, 1.54) is 0 Å². The van der Waals surface area contributed by atoms with Crippen molar-refractivity contribution >= 4 is 17.6 Å². The third kappa shape index (κ3) is 6.34. The minimum atomic E-state index is -4.40. The lowest BCUT2D eigenvalue weighted by molar-refractivity contribution is -0.122. The average Bonchev–Trinajstić information content (AvgIpc) is 2.28. The smallest absolute Gasteiger partial charge is 0.338 e. The third-order valence-electron chi connectivity index (χ3n) is 2.06.